The van der Waals surface area contributed by atoms with E-state index in [0.717, 1.165) is 0 Å². The maximum absolute atomic E-state index is 10.4. The summed E-state index contributed by atoms with van der Waals surface area (Å²) in [5.74, 6) is 0.213. The molecule has 0 aromatic rings. The first-order chi connectivity index (χ1) is 3.18. The van der Waals surface area contributed by atoms with Crippen LogP contribution in [0.3, 0.4) is 0 Å². The van der Waals surface area contributed by atoms with Gasteiger partial charge in [0.05, 0.1) is 0 Å². The van der Waals surface area contributed by atoms with Crippen molar-refractivity contribution < 1.29 is 4.79 Å². The van der Waals surface area contributed by atoms with E-state index in [9.17, 15) is 4.79 Å². The van der Waals surface area contributed by atoms with E-state index in [1.807, 2.05) is 13.8 Å². The predicted octanol–water partition coefficient (Wildman–Crippen LogP) is 0.810. The second-order valence-electron chi connectivity index (χ2n) is 1.77. The monoisotopic (exact) mass is 137 g/mol. The summed E-state index contributed by atoms with van der Waals surface area (Å²) in [7, 11) is 1.64. The minimum absolute atomic E-state index is 0. The molecule has 2 nitrogen and oxygen atoms in total. The van der Waals surface area contributed by atoms with Gasteiger partial charge in [-0.05, 0) is 0 Å². The molecule has 0 aromatic heterocycles. The van der Waals surface area contributed by atoms with E-state index < -0.39 is 0 Å². The lowest BCUT2D eigenvalue weighted by Gasteiger charge is -1.98. The third kappa shape index (κ3) is 3.93. The highest BCUT2D eigenvalue weighted by Crippen LogP contribution is 1.87. The molecule has 0 aliphatic rings. The molecule has 0 rings (SSSR count). The molecule has 0 radical (unpaired) electrons. The zero-order valence-electron chi connectivity index (χ0n) is 5.39. The highest BCUT2D eigenvalue weighted by Gasteiger charge is 2.00. The number of rotatable bonds is 1. The molecule has 0 bridgehead atoms. The van der Waals surface area contributed by atoms with E-state index in [4.69, 9.17) is 0 Å². The molecule has 0 aromatic carbocycles. The summed E-state index contributed by atoms with van der Waals surface area (Å²) in [6.07, 6.45) is 0. The fraction of sp³-hybridized carbons (Fsp3) is 0.800. The first-order valence-corrected chi connectivity index (χ1v) is 2.40. The van der Waals surface area contributed by atoms with Crippen LogP contribution in [0.4, 0.5) is 0 Å². The van der Waals surface area contributed by atoms with Crippen LogP contribution in [-0.2, 0) is 4.79 Å². The van der Waals surface area contributed by atoms with Gasteiger partial charge in [-0.15, -0.1) is 12.4 Å². The van der Waals surface area contributed by atoms with Gasteiger partial charge in [0.2, 0.25) is 5.91 Å². The number of halogens is 1. The molecule has 0 spiro atoms. The molecule has 0 aliphatic heterocycles. The van der Waals surface area contributed by atoms with Crippen LogP contribution in [-0.4, -0.2) is 13.0 Å². The lowest BCUT2D eigenvalue weighted by molar-refractivity contribution is -0.123. The van der Waals surface area contributed by atoms with Crippen LogP contribution in [0.15, 0.2) is 0 Å². The summed E-state index contributed by atoms with van der Waals surface area (Å²) in [6, 6.07) is 0. The third-order valence-corrected chi connectivity index (χ3v) is 0.771. The van der Waals surface area contributed by atoms with Gasteiger partial charge in [-0.3, -0.25) is 4.79 Å². The Morgan fingerprint density at radius 2 is 1.88 bits per heavy atom. The summed E-state index contributed by atoms with van der Waals surface area (Å²) >= 11 is 0. The summed E-state index contributed by atoms with van der Waals surface area (Å²) < 4.78 is 0. The predicted molar refractivity (Wildman–Crippen MR) is 36.2 cm³/mol. The van der Waals surface area contributed by atoms with Crippen LogP contribution in [0.25, 0.3) is 0 Å². The molecule has 0 atom stereocenters. The van der Waals surface area contributed by atoms with Crippen LogP contribution < -0.4 is 5.32 Å². The van der Waals surface area contributed by atoms with Gasteiger partial charge in [0.15, 0.2) is 0 Å². The zero-order valence-corrected chi connectivity index (χ0v) is 6.21. The Labute approximate surface area is 56.1 Å². The Morgan fingerprint density at radius 1 is 1.50 bits per heavy atom. The van der Waals surface area contributed by atoms with Crippen molar-refractivity contribution in [2.45, 2.75) is 13.8 Å². The highest BCUT2D eigenvalue weighted by atomic mass is 35.5. The van der Waals surface area contributed by atoms with Crippen LogP contribution in [0.5, 0.6) is 0 Å². The Hall–Kier alpha value is -0.240. The van der Waals surface area contributed by atoms with Crippen molar-refractivity contribution in [3.8, 4) is 0 Å². The number of carbonyl (C=O) groups excluding carboxylic acids is 1. The molecule has 1 N–H and O–H groups in total. The van der Waals surface area contributed by atoms with Gasteiger partial charge >= 0.3 is 0 Å². The highest BCUT2D eigenvalue weighted by molar-refractivity contribution is 5.85. The van der Waals surface area contributed by atoms with Gasteiger partial charge in [0.25, 0.3) is 0 Å². The molecular weight excluding hydrogens is 126 g/mol. The fourth-order valence-electron chi connectivity index (χ4n) is 0.289. The van der Waals surface area contributed by atoms with Crippen LogP contribution >= 0.6 is 12.4 Å². The Bertz CT molecular complexity index is 72.8. The number of carbonyl (C=O) groups is 1. The molecule has 1 amide bonds. The van der Waals surface area contributed by atoms with Crippen molar-refractivity contribution in [3.63, 3.8) is 0 Å². The quantitative estimate of drug-likeness (QED) is 0.570. The average molecular weight is 138 g/mol. The van der Waals surface area contributed by atoms with Gasteiger partial charge in [0, 0.05) is 13.0 Å². The lowest BCUT2D eigenvalue weighted by Crippen LogP contribution is -2.22. The van der Waals surface area contributed by atoms with Gasteiger partial charge in [-0.2, -0.15) is 0 Å². The number of amides is 1. The summed E-state index contributed by atoms with van der Waals surface area (Å²) in [4.78, 5) is 10.4. The van der Waals surface area contributed by atoms with Gasteiger partial charge < -0.3 is 5.32 Å². The second-order valence-corrected chi connectivity index (χ2v) is 1.77. The van der Waals surface area contributed by atoms with E-state index in [0.29, 0.717) is 0 Å². The van der Waals surface area contributed by atoms with Crippen LogP contribution in [0.2, 0.25) is 0 Å². The smallest absolute Gasteiger partial charge is 0.222 e. The standard InChI is InChI=1S/C5H11NO.ClH/c1-4(2)5(7)6-3;/h4H,1-3H3,(H,6,7);1H. The summed E-state index contributed by atoms with van der Waals surface area (Å²) in [5.41, 5.74) is 0. The maximum Gasteiger partial charge on any atom is 0.222 e. The first-order valence-electron chi connectivity index (χ1n) is 2.40. The van der Waals surface area contributed by atoms with Crippen LogP contribution in [0, 0.1) is 5.92 Å². The zero-order chi connectivity index (χ0) is 5.86. The Kier molecular flexibility index (Phi) is 6.56. The van der Waals surface area contributed by atoms with Crippen molar-refractivity contribution in [1.82, 2.24) is 5.32 Å². The molecule has 0 fully saturated rings. The molecular formula is C5H12ClNO. The van der Waals surface area contributed by atoms with E-state index in [1.165, 1.54) is 0 Å². The van der Waals surface area contributed by atoms with Crippen molar-refractivity contribution in [1.29, 1.82) is 0 Å². The topological polar surface area (TPSA) is 29.1 Å². The average Bonchev–Trinajstić information content (AvgIpc) is 1.65. The van der Waals surface area contributed by atoms with Gasteiger partial charge in [-0.25, -0.2) is 0 Å². The molecule has 0 aliphatic carbocycles. The Balaban J connectivity index is 0. The van der Waals surface area contributed by atoms with E-state index in [-0.39, 0.29) is 24.2 Å². The third-order valence-electron chi connectivity index (χ3n) is 0.771. The van der Waals surface area contributed by atoms with Gasteiger partial charge in [-0.1, -0.05) is 13.8 Å². The number of hydrogen-bond donors (Lipinski definition) is 1. The second kappa shape index (κ2) is 4.91. The summed E-state index contributed by atoms with van der Waals surface area (Å²) in [5, 5.41) is 2.53. The van der Waals surface area contributed by atoms with E-state index in [2.05, 4.69) is 5.32 Å². The molecule has 0 saturated carbocycles. The van der Waals surface area contributed by atoms with Crippen molar-refractivity contribution in [2.75, 3.05) is 7.05 Å². The number of hydrogen-bond acceptors (Lipinski definition) is 1. The van der Waals surface area contributed by atoms with Crippen molar-refractivity contribution >= 4 is 18.3 Å². The van der Waals surface area contributed by atoms with Gasteiger partial charge in [0.1, 0.15) is 0 Å². The molecule has 0 saturated heterocycles. The molecule has 0 heterocycles. The largest absolute Gasteiger partial charge is 0.359 e. The van der Waals surface area contributed by atoms with Crippen molar-refractivity contribution in [3.05, 3.63) is 0 Å². The maximum atomic E-state index is 10.4. The molecule has 3 heteroatoms. The minimum atomic E-state index is 0. The van der Waals surface area contributed by atoms with E-state index in [1.54, 1.807) is 7.05 Å². The van der Waals surface area contributed by atoms with Crippen LogP contribution in [0.1, 0.15) is 13.8 Å². The SMILES string of the molecule is CNC(=O)C(C)C.Cl. The normalized spacial score (nSPS) is 8.00. The molecule has 0 unspecified atom stereocenters. The first kappa shape index (κ1) is 10.7. The fourth-order valence-corrected chi connectivity index (χ4v) is 0.289. The molecule has 8 heavy (non-hydrogen) atoms. The minimum Gasteiger partial charge on any atom is -0.359 e. The Morgan fingerprint density at radius 3 is 1.88 bits per heavy atom. The van der Waals surface area contributed by atoms with E-state index >= 15 is 0 Å². The number of nitrogens with one attached hydrogen (secondary N) is 1. The van der Waals surface area contributed by atoms with Crippen molar-refractivity contribution in [2.24, 2.45) is 5.92 Å². The molecule has 50 valence electrons. The summed E-state index contributed by atoms with van der Waals surface area (Å²) in [6.45, 7) is 3.72. The lowest BCUT2D eigenvalue weighted by atomic mass is 10.2.